The minimum atomic E-state index is -0.192. The van der Waals surface area contributed by atoms with Crippen LogP contribution in [-0.4, -0.2) is 21.7 Å². The first kappa shape index (κ1) is 10.1. The third-order valence-corrected chi connectivity index (χ3v) is 3.17. The number of carbonyl (C=O) groups is 2. The molecule has 6 heteroatoms. The Morgan fingerprint density at radius 3 is 2.87 bits per heavy atom. The molecule has 2 heterocycles. The summed E-state index contributed by atoms with van der Waals surface area (Å²) in [6, 6.07) is 0. The Balaban J connectivity index is 2.12. The molecule has 1 aromatic rings. The largest absolute Gasteiger partial charge is 0.375 e. The van der Waals surface area contributed by atoms with E-state index in [4.69, 9.17) is 5.73 Å². The maximum Gasteiger partial charge on any atom is 0.232 e. The second-order valence-corrected chi connectivity index (χ2v) is 4.73. The lowest BCUT2D eigenvalue weighted by Gasteiger charge is -2.12. The first-order chi connectivity index (χ1) is 7.08. The minimum absolute atomic E-state index is 0.105. The van der Waals surface area contributed by atoms with Gasteiger partial charge in [0.15, 0.2) is 5.13 Å². The fraction of sp³-hybridized carbons (Fsp3) is 0.444. The maximum absolute atomic E-state index is 11.6. The quantitative estimate of drug-likeness (QED) is 0.748. The average Bonchev–Trinajstić information content (AvgIpc) is 2.67. The Hall–Kier alpha value is -1.43. The standard InChI is InChI=1S/C9H11N3O2S/c1-5-2-7(13)12(8(5)14)4-6-3-11-9(10)15-6/h3,5H,2,4H2,1H3,(H2,10,11). The van der Waals surface area contributed by atoms with E-state index in [2.05, 4.69) is 4.98 Å². The summed E-state index contributed by atoms with van der Waals surface area (Å²) in [5, 5.41) is 0.456. The van der Waals surface area contributed by atoms with Crippen molar-refractivity contribution in [1.29, 1.82) is 0 Å². The fourth-order valence-corrected chi connectivity index (χ4v) is 2.24. The summed E-state index contributed by atoms with van der Waals surface area (Å²) in [6.07, 6.45) is 1.91. The highest BCUT2D eigenvalue weighted by molar-refractivity contribution is 7.15. The summed E-state index contributed by atoms with van der Waals surface area (Å²) < 4.78 is 0. The molecule has 1 aliphatic rings. The number of rotatable bonds is 2. The van der Waals surface area contributed by atoms with E-state index in [-0.39, 0.29) is 17.7 Å². The Labute approximate surface area is 90.9 Å². The number of likely N-dealkylation sites (tertiary alicyclic amines) is 1. The van der Waals surface area contributed by atoms with E-state index in [0.717, 1.165) is 4.88 Å². The predicted octanol–water partition coefficient (Wildman–Crippen LogP) is 0.620. The number of aromatic nitrogens is 1. The first-order valence-electron chi connectivity index (χ1n) is 4.62. The molecule has 80 valence electrons. The van der Waals surface area contributed by atoms with Crippen LogP contribution in [0.1, 0.15) is 18.2 Å². The molecule has 0 radical (unpaired) electrons. The molecule has 0 aromatic carbocycles. The molecule has 2 amide bonds. The van der Waals surface area contributed by atoms with Crippen molar-refractivity contribution in [1.82, 2.24) is 9.88 Å². The minimum Gasteiger partial charge on any atom is -0.375 e. The number of nitrogens with two attached hydrogens (primary N) is 1. The third kappa shape index (κ3) is 1.85. The highest BCUT2D eigenvalue weighted by Gasteiger charge is 2.35. The smallest absolute Gasteiger partial charge is 0.232 e. The summed E-state index contributed by atoms with van der Waals surface area (Å²) in [4.78, 5) is 29.0. The molecule has 0 bridgehead atoms. The Bertz CT molecular complexity index is 415. The molecule has 1 atom stereocenters. The molecule has 2 N–H and O–H groups in total. The Morgan fingerprint density at radius 2 is 2.40 bits per heavy atom. The molecule has 1 saturated heterocycles. The number of imide groups is 1. The van der Waals surface area contributed by atoms with Crippen molar-refractivity contribution in [3.63, 3.8) is 0 Å². The number of thiazole rings is 1. The van der Waals surface area contributed by atoms with Crippen LogP contribution in [-0.2, 0) is 16.1 Å². The van der Waals surface area contributed by atoms with E-state index in [1.165, 1.54) is 16.2 Å². The van der Waals surface area contributed by atoms with E-state index >= 15 is 0 Å². The summed E-state index contributed by atoms with van der Waals surface area (Å²) >= 11 is 1.30. The van der Waals surface area contributed by atoms with Crippen LogP contribution >= 0.6 is 11.3 Å². The molecule has 0 aliphatic carbocycles. The SMILES string of the molecule is CC1CC(=O)N(Cc2cnc(N)s2)C1=O. The molecule has 1 unspecified atom stereocenters. The Morgan fingerprint density at radius 1 is 1.67 bits per heavy atom. The second kappa shape index (κ2) is 3.62. The van der Waals surface area contributed by atoms with Crippen LogP contribution in [0.25, 0.3) is 0 Å². The number of hydrogen-bond donors (Lipinski definition) is 1. The topological polar surface area (TPSA) is 76.3 Å². The molecule has 5 nitrogen and oxygen atoms in total. The lowest BCUT2D eigenvalue weighted by atomic mass is 10.1. The fourth-order valence-electron chi connectivity index (χ4n) is 1.57. The van der Waals surface area contributed by atoms with Gasteiger partial charge in [0.2, 0.25) is 11.8 Å². The predicted molar refractivity (Wildman–Crippen MR) is 55.9 cm³/mol. The van der Waals surface area contributed by atoms with Gasteiger partial charge < -0.3 is 5.73 Å². The molecule has 0 spiro atoms. The molecular weight excluding hydrogens is 214 g/mol. The number of hydrogen-bond acceptors (Lipinski definition) is 5. The van der Waals surface area contributed by atoms with Crippen molar-refractivity contribution in [2.75, 3.05) is 5.73 Å². The number of anilines is 1. The van der Waals surface area contributed by atoms with Crippen LogP contribution in [0.3, 0.4) is 0 Å². The molecule has 1 aliphatic heterocycles. The van der Waals surface area contributed by atoms with E-state index in [9.17, 15) is 9.59 Å². The third-order valence-electron chi connectivity index (χ3n) is 2.35. The summed E-state index contributed by atoms with van der Waals surface area (Å²) in [6.45, 7) is 2.07. The van der Waals surface area contributed by atoms with Crippen molar-refractivity contribution in [2.45, 2.75) is 19.9 Å². The molecule has 2 rings (SSSR count). The van der Waals surface area contributed by atoms with E-state index in [0.29, 0.717) is 18.1 Å². The second-order valence-electron chi connectivity index (χ2n) is 3.59. The molecule has 1 fully saturated rings. The zero-order valence-electron chi connectivity index (χ0n) is 8.27. The van der Waals surface area contributed by atoms with Gasteiger partial charge in [-0.2, -0.15) is 0 Å². The van der Waals surface area contributed by atoms with Crippen LogP contribution in [0.4, 0.5) is 5.13 Å². The van der Waals surface area contributed by atoms with Gasteiger partial charge in [0.1, 0.15) is 0 Å². The van der Waals surface area contributed by atoms with Crippen LogP contribution in [0.15, 0.2) is 6.20 Å². The lowest BCUT2D eigenvalue weighted by Crippen LogP contribution is -2.29. The zero-order chi connectivity index (χ0) is 11.0. The van der Waals surface area contributed by atoms with Gasteiger partial charge in [-0.15, -0.1) is 11.3 Å². The number of amides is 2. The van der Waals surface area contributed by atoms with E-state index in [1.54, 1.807) is 13.1 Å². The van der Waals surface area contributed by atoms with Crippen molar-refractivity contribution in [2.24, 2.45) is 5.92 Å². The van der Waals surface area contributed by atoms with Crippen molar-refractivity contribution >= 4 is 28.3 Å². The molecule has 0 saturated carbocycles. The van der Waals surface area contributed by atoms with Gasteiger partial charge in [0.25, 0.3) is 0 Å². The van der Waals surface area contributed by atoms with Crippen LogP contribution in [0.2, 0.25) is 0 Å². The van der Waals surface area contributed by atoms with E-state index < -0.39 is 0 Å². The van der Waals surface area contributed by atoms with Gasteiger partial charge in [-0.05, 0) is 0 Å². The summed E-state index contributed by atoms with van der Waals surface area (Å²) in [5.41, 5.74) is 5.47. The monoisotopic (exact) mass is 225 g/mol. The van der Waals surface area contributed by atoms with Crippen molar-refractivity contribution in [3.8, 4) is 0 Å². The van der Waals surface area contributed by atoms with Gasteiger partial charge >= 0.3 is 0 Å². The van der Waals surface area contributed by atoms with Gasteiger partial charge in [-0.25, -0.2) is 4.98 Å². The summed E-state index contributed by atoms with van der Waals surface area (Å²) in [5.74, 6) is -0.408. The van der Waals surface area contributed by atoms with Gasteiger partial charge in [0, 0.05) is 23.4 Å². The molecular formula is C9H11N3O2S. The van der Waals surface area contributed by atoms with Crippen molar-refractivity contribution in [3.05, 3.63) is 11.1 Å². The highest BCUT2D eigenvalue weighted by Crippen LogP contribution is 2.23. The zero-order valence-corrected chi connectivity index (χ0v) is 9.08. The molecule has 1 aromatic heterocycles. The highest BCUT2D eigenvalue weighted by atomic mass is 32.1. The first-order valence-corrected chi connectivity index (χ1v) is 5.44. The normalized spacial score (nSPS) is 21.4. The van der Waals surface area contributed by atoms with Crippen LogP contribution in [0.5, 0.6) is 0 Å². The molecule has 15 heavy (non-hydrogen) atoms. The Kier molecular flexibility index (Phi) is 2.44. The average molecular weight is 225 g/mol. The summed E-state index contributed by atoms with van der Waals surface area (Å²) in [7, 11) is 0. The van der Waals surface area contributed by atoms with Gasteiger partial charge in [-0.1, -0.05) is 6.92 Å². The number of nitrogens with zero attached hydrogens (tertiary/aromatic N) is 2. The van der Waals surface area contributed by atoms with Crippen molar-refractivity contribution < 1.29 is 9.59 Å². The lowest BCUT2D eigenvalue weighted by molar-refractivity contribution is -0.139. The van der Waals surface area contributed by atoms with Gasteiger partial charge in [-0.3, -0.25) is 14.5 Å². The number of carbonyl (C=O) groups excluding carboxylic acids is 2. The van der Waals surface area contributed by atoms with E-state index in [1.807, 2.05) is 0 Å². The van der Waals surface area contributed by atoms with Gasteiger partial charge in [0.05, 0.1) is 6.54 Å². The maximum atomic E-state index is 11.6. The van der Waals surface area contributed by atoms with Crippen LogP contribution in [0, 0.1) is 5.92 Å². The number of nitrogen functional groups attached to an aromatic ring is 1. The van der Waals surface area contributed by atoms with Crippen LogP contribution < -0.4 is 5.73 Å².